The highest BCUT2D eigenvalue weighted by molar-refractivity contribution is 6.10. The van der Waals surface area contributed by atoms with E-state index in [-0.39, 0.29) is 18.2 Å². The van der Waals surface area contributed by atoms with E-state index in [2.05, 4.69) is 0 Å². The lowest BCUT2D eigenvalue weighted by Crippen LogP contribution is -2.09. The zero-order valence-corrected chi connectivity index (χ0v) is 13.4. The van der Waals surface area contributed by atoms with Crippen LogP contribution in [0, 0.1) is 0 Å². The van der Waals surface area contributed by atoms with Gasteiger partial charge in [-0.3, -0.25) is 9.59 Å². The third-order valence-corrected chi connectivity index (χ3v) is 3.50. The zero-order chi connectivity index (χ0) is 16.7. The molecular formula is C19H20O4. The summed E-state index contributed by atoms with van der Waals surface area (Å²) in [5.41, 5.74) is 1.05. The second-order valence-corrected chi connectivity index (χ2v) is 5.05. The third-order valence-electron chi connectivity index (χ3n) is 3.50. The molecule has 0 aliphatic heterocycles. The number of ketones is 2. The molecule has 0 saturated carbocycles. The highest BCUT2D eigenvalue weighted by Crippen LogP contribution is 2.27. The van der Waals surface area contributed by atoms with Crippen LogP contribution in [-0.2, 0) is 4.79 Å². The van der Waals surface area contributed by atoms with Crippen LogP contribution in [0.5, 0.6) is 11.5 Å². The first-order valence-electron chi connectivity index (χ1n) is 7.58. The number of hydrogen-bond donors (Lipinski definition) is 0. The Morgan fingerprint density at radius 1 is 1.04 bits per heavy atom. The molecule has 4 heteroatoms. The smallest absolute Gasteiger partial charge is 0.196 e. The zero-order valence-electron chi connectivity index (χ0n) is 13.4. The average molecular weight is 312 g/mol. The number of ether oxygens (including phenoxy) is 2. The lowest BCUT2D eigenvalue weighted by Gasteiger charge is -2.12. The molecule has 0 unspecified atom stereocenters. The van der Waals surface area contributed by atoms with Gasteiger partial charge < -0.3 is 9.47 Å². The van der Waals surface area contributed by atoms with Crippen molar-refractivity contribution in [3.8, 4) is 11.5 Å². The van der Waals surface area contributed by atoms with E-state index in [1.54, 1.807) is 37.4 Å². The fraction of sp³-hybridized carbons (Fsp3) is 0.263. The van der Waals surface area contributed by atoms with Crippen LogP contribution in [0.25, 0.3) is 0 Å². The largest absolute Gasteiger partial charge is 0.497 e. The number of hydrogen-bond acceptors (Lipinski definition) is 4. The second-order valence-electron chi connectivity index (χ2n) is 5.05. The molecule has 0 radical (unpaired) electrons. The van der Waals surface area contributed by atoms with Gasteiger partial charge in [-0.15, -0.1) is 0 Å². The van der Waals surface area contributed by atoms with Crippen LogP contribution in [0.15, 0.2) is 48.5 Å². The van der Waals surface area contributed by atoms with Gasteiger partial charge in [0.25, 0.3) is 0 Å². The van der Waals surface area contributed by atoms with Crippen LogP contribution in [0.4, 0.5) is 0 Å². The quantitative estimate of drug-likeness (QED) is 0.698. The molecule has 2 aromatic carbocycles. The summed E-state index contributed by atoms with van der Waals surface area (Å²) in [7, 11) is 1.55. The van der Waals surface area contributed by atoms with E-state index in [0.717, 1.165) is 0 Å². The predicted molar refractivity (Wildman–Crippen MR) is 88.3 cm³/mol. The summed E-state index contributed by atoms with van der Waals surface area (Å²) < 4.78 is 10.9. The minimum absolute atomic E-state index is 0.120. The highest BCUT2D eigenvalue weighted by Gasteiger charge is 2.16. The maximum Gasteiger partial charge on any atom is 0.196 e. The van der Waals surface area contributed by atoms with E-state index < -0.39 is 0 Å². The molecule has 23 heavy (non-hydrogen) atoms. The Labute approximate surface area is 136 Å². The number of benzene rings is 2. The molecule has 0 amide bonds. The highest BCUT2D eigenvalue weighted by atomic mass is 16.5. The third kappa shape index (κ3) is 4.42. The molecular weight excluding hydrogens is 292 g/mol. The first-order valence-corrected chi connectivity index (χ1v) is 7.58. The molecule has 120 valence electrons. The Bertz CT molecular complexity index is 677. The standard InChI is InChI=1S/C19H20O4/c1-3-15(20)11-12-23-18-13-16(22-2)9-10-17(18)19(21)14-7-5-4-6-8-14/h4-10,13H,3,11-12H2,1-2H3. The fourth-order valence-corrected chi connectivity index (χ4v) is 2.13. The number of carbonyl (C=O) groups is 2. The number of carbonyl (C=O) groups excluding carboxylic acids is 2. The van der Waals surface area contributed by atoms with Crippen LogP contribution in [0.2, 0.25) is 0 Å². The molecule has 0 spiro atoms. The maximum atomic E-state index is 12.6. The molecule has 2 aromatic rings. The van der Waals surface area contributed by atoms with Gasteiger partial charge in [0.1, 0.15) is 17.3 Å². The molecule has 0 heterocycles. The minimum atomic E-state index is -0.120. The van der Waals surface area contributed by atoms with Crippen LogP contribution < -0.4 is 9.47 Å². The van der Waals surface area contributed by atoms with Crippen molar-refractivity contribution in [3.63, 3.8) is 0 Å². The first kappa shape index (κ1) is 16.7. The van der Waals surface area contributed by atoms with Gasteiger partial charge >= 0.3 is 0 Å². The van der Waals surface area contributed by atoms with Crippen molar-refractivity contribution in [2.45, 2.75) is 19.8 Å². The lowest BCUT2D eigenvalue weighted by molar-refractivity contribution is -0.119. The Balaban J connectivity index is 2.24. The molecule has 0 aromatic heterocycles. The molecule has 0 bridgehead atoms. The van der Waals surface area contributed by atoms with Gasteiger partial charge in [0.05, 0.1) is 19.3 Å². The number of Topliss-reactive ketones (excluding diaryl/α,β-unsaturated/α-hetero) is 1. The number of methoxy groups -OCH3 is 1. The Morgan fingerprint density at radius 2 is 1.78 bits per heavy atom. The molecule has 4 nitrogen and oxygen atoms in total. The van der Waals surface area contributed by atoms with Crippen molar-refractivity contribution in [2.75, 3.05) is 13.7 Å². The van der Waals surface area contributed by atoms with Crippen molar-refractivity contribution >= 4 is 11.6 Å². The van der Waals surface area contributed by atoms with Crippen molar-refractivity contribution in [1.82, 2.24) is 0 Å². The van der Waals surface area contributed by atoms with Gasteiger partial charge in [-0.2, -0.15) is 0 Å². The number of rotatable bonds is 8. The minimum Gasteiger partial charge on any atom is -0.497 e. The van der Waals surface area contributed by atoms with E-state index in [4.69, 9.17) is 9.47 Å². The normalized spacial score (nSPS) is 10.2. The molecule has 0 N–H and O–H groups in total. The summed E-state index contributed by atoms with van der Waals surface area (Å²) in [5.74, 6) is 1.04. The van der Waals surface area contributed by atoms with Crippen molar-refractivity contribution in [3.05, 3.63) is 59.7 Å². The summed E-state index contributed by atoms with van der Waals surface area (Å²) in [5, 5.41) is 0. The predicted octanol–water partition coefficient (Wildman–Crippen LogP) is 3.67. The first-order chi connectivity index (χ1) is 11.2. The van der Waals surface area contributed by atoms with E-state index in [9.17, 15) is 9.59 Å². The molecule has 0 atom stereocenters. The van der Waals surface area contributed by atoms with Gasteiger partial charge in [0, 0.05) is 24.5 Å². The van der Waals surface area contributed by atoms with Gasteiger partial charge in [-0.05, 0) is 12.1 Å². The van der Waals surface area contributed by atoms with Crippen LogP contribution >= 0.6 is 0 Å². The van der Waals surface area contributed by atoms with E-state index in [0.29, 0.717) is 35.5 Å². The molecule has 0 aliphatic carbocycles. The Kier molecular flexibility index (Phi) is 5.92. The van der Waals surface area contributed by atoms with E-state index >= 15 is 0 Å². The summed E-state index contributed by atoms with van der Waals surface area (Å²) >= 11 is 0. The molecule has 2 rings (SSSR count). The van der Waals surface area contributed by atoms with Gasteiger partial charge in [0.2, 0.25) is 0 Å². The maximum absolute atomic E-state index is 12.6. The summed E-state index contributed by atoms with van der Waals surface area (Å²) in [6.07, 6.45) is 0.809. The van der Waals surface area contributed by atoms with Crippen LogP contribution in [0.1, 0.15) is 35.7 Å². The fourth-order valence-electron chi connectivity index (χ4n) is 2.13. The van der Waals surface area contributed by atoms with Crippen molar-refractivity contribution < 1.29 is 19.1 Å². The van der Waals surface area contributed by atoms with Gasteiger partial charge in [-0.1, -0.05) is 37.3 Å². The summed E-state index contributed by atoms with van der Waals surface area (Å²) in [6.45, 7) is 2.06. The molecule has 0 saturated heterocycles. The Morgan fingerprint density at radius 3 is 2.43 bits per heavy atom. The van der Waals surface area contributed by atoms with Crippen molar-refractivity contribution in [1.29, 1.82) is 0 Å². The topological polar surface area (TPSA) is 52.6 Å². The summed E-state index contributed by atoms with van der Waals surface area (Å²) in [6, 6.07) is 14.1. The van der Waals surface area contributed by atoms with Gasteiger partial charge in [0.15, 0.2) is 5.78 Å². The van der Waals surface area contributed by atoms with Gasteiger partial charge in [-0.25, -0.2) is 0 Å². The van der Waals surface area contributed by atoms with E-state index in [1.165, 1.54) is 0 Å². The summed E-state index contributed by atoms with van der Waals surface area (Å²) in [4.78, 5) is 24.0. The van der Waals surface area contributed by atoms with E-state index in [1.807, 2.05) is 25.1 Å². The van der Waals surface area contributed by atoms with Crippen molar-refractivity contribution in [2.24, 2.45) is 0 Å². The Hall–Kier alpha value is -2.62. The lowest BCUT2D eigenvalue weighted by atomic mass is 10.0. The van der Waals surface area contributed by atoms with Crippen LogP contribution in [-0.4, -0.2) is 25.3 Å². The molecule has 0 aliphatic rings. The molecule has 0 fully saturated rings. The monoisotopic (exact) mass is 312 g/mol. The SMILES string of the molecule is CCC(=O)CCOc1cc(OC)ccc1C(=O)c1ccccc1. The van der Waals surface area contributed by atoms with Crippen LogP contribution in [0.3, 0.4) is 0 Å². The second kappa shape index (κ2) is 8.13. The average Bonchev–Trinajstić information content (AvgIpc) is 2.61.